The fourth-order valence-corrected chi connectivity index (χ4v) is 7.94. The third kappa shape index (κ3) is 7.72. The molecule has 6 N–H and O–H groups in total. The number of carbonyl (C=O) groups is 3. The van der Waals surface area contributed by atoms with Crippen molar-refractivity contribution in [1.82, 2.24) is 0 Å². The molecular weight excluding hydrogens is 636 g/mol. The van der Waals surface area contributed by atoms with E-state index in [4.69, 9.17) is 14.2 Å². The van der Waals surface area contributed by atoms with Gasteiger partial charge in [-0.2, -0.15) is 0 Å². The number of ether oxygens (including phenoxy) is 3. The van der Waals surface area contributed by atoms with Gasteiger partial charge in [-0.3, -0.25) is 14.4 Å². The van der Waals surface area contributed by atoms with Gasteiger partial charge >= 0.3 is 11.9 Å². The number of ketones is 1. The highest BCUT2D eigenvalue weighted by atomic mass is 16.5. The molecule has 0 bridgehead atoms. The number of fused-ring (bicyclic) bond motifs is 2. The topological polar surface area (TPSA) is 200 Å². The Morgan fingerprint density at radius 3 is 2.00 bits per heavy atom. The van der Waals surface area contributed by atoms with E-state index in [2.05, 4.69) is 6.07 Å². The van der Waals surface area contributed by atoms with Crippen LogP contribution in [0.5, 0.6) is 17.2 Å². The van der Waals surface area contributed by atoms with Crippen molar-refractivity contribution in [2.45, 2.75) is 83.2 Å². The summed E-state index contributed by atoms with van der Waals surface area (Å²) in [5.74, 6) is -4.42. The summed E-state index contributed by atoms with van der Waals surface area (Å²) in [4.78, 5) is 38.8. The number of rotatable bonds is 20. The molecule has 0 radical (unpaired) electrons. The van der Waals surface area contributed by atoms with Crippen LogP contribution in [0.2, 0.25) is 0 Å². The van der Waals surface area contributed by atoms with Crippen LogP contribution < -0.4 is 14.2 Å². The summed E-state index contributed by atoms with van der Waals surface area (Å²) in [7, 11) is 0. The average molecular weight is 687 g/mol. The second-order valence-corrected chi connectivity index (χ2v) is 13.0. The van der Waals surface area contributed by atoms with Crippen LogP contribution in [-0.4, -0.2) is 93.6 Å². The molecule has 2 aromatic carbocycles. The van der Waals surface area contributed by atoms with Crippen molar-refractivity contribution < 1.29 is 59.2 Å². The van der Waals surface area contributed by atoms with Crippen molar-refractivity contribution in [3.8, 4) is 17.2 Å². The van der Waals surface area contributed by atoms with E-state index >= 15 is 0 Å². The minimum atomic E-state index is -2.09. The molecule has 4 rings (SSSR count). The van der Waals surface area contributed by atoms with E-state index in [1.807, 2.05) is 19.1 Å². The number of Topliss-reactive ketones (excluding diaryl/α,β-unsaturated/α-hetero) is 1. The lowest BCUT2D eigenvalue weighted by molar-refractivity contribution is -0.163. The fourth-order valence-electron chi connectivity index (χ4n) is 7.94. The zero-order valence-corrected chi connectivity index (χ0v) is 28.2. The molecule has 0 fully saturated rings. The summed E-state index contributed by atoms with van der Waals surface area (Å²) in [5.41, 5.74) is -0.872. The second-order valence-electron chi connectivity index (χ2n) is 13.0. The van der Waals surface area contributed by atoms with E-state index in [0.29, 0.717) is 37.2 Å². The smallest absolute Gasteiger partial charge is 0.303 e. The lowest BCUT2D eigenvalue weighted by Gasteiger charge is -2.58. The molecule has 12 nitrogen and oxygen atoms in total. The number of aliphatic hydroxyl groups excluding tert-OH is 4. The molecule has 2 aromatic rings. The van der Waals surface area contributed by atoms with Crippen molar-refractivity contribution in [3.05, 3.63) is 52.6 Å². The van der Waals surface area contributed by atoms with E-state index in [0.717, 1.165) is 25.0 Å². The monoisotopic (exact) mass is 686 g/mol. The predicted molar refractivity (Wildman–Crippen MR) is 178 cm³/mol. The summed E-state index contributed by atoms with van der Waals surface area (Å²) in [6, 6.07) is 9.26. The molecule has 0 amide bonds. The lowest BCUT2D eigenvalue weighted by Crippen LogP contribution is -2.68. The Morgan fingerprint density at radius 1 is 0.837 bits per heavy atom. The summed E-state index contributed by atoms with van der Waals surface area (Å²) in [6.45, 7) is -0.503. The number of aryl methyl sites for hydroxylation is 1. The standard InChI is InChI=1S/C37H50O12/c1-2-7-28-31(48-19-6-18-47-30-11-5-9-24-8-3-4-10-27(24)30)13-12-29-34(28)49-36(16-14-32(42)43,17-15-33(44)45)37(35(29)46,25(20-38)21-39)26(22-40)23-41/h5,9,11-13,25-26,38-41H,2-4,6-8,10,14-23H2,1H3,(H,42,43)(H,44,45). The molecule has 0 spiro atoms. The first-order chi connectivity index (χ1) is 23.6. The molecule has 1 aliphatic carbocycles. The number of hydrogen-bond donors (Lipinski definition) is 6. The Kier molecular flexibility index (Phi) is 13.4. The number of benzene rings is 2. The molecule has 49 heavy (non-hydrogen) atoms. The van der Waals surface area contributed by atoms with Gasteiger partial charge in [0.05, 0.1) is 24.2 Å². The first-order valence-corrected chi connectivity index (χ1v) is 17.3. The van der Waals surface area contributed by atoms with Crippen LogP contribution in [0.15, 0.2) is 30.3 Å². The van der Waals surface area contributed by atoms with Crippen LogP contribution in [0.25, 0.3) is 0 Å². The minimum absolute atomic E-state index is 0.0491. The van der Waals surface area contributed by atoms with Crippen LogP contribution in [-0.2, 0) is 28.9 Å². The van der Waals surface area contributed by atoms with Gasteiger partial charge in [-0.05, 0) is 74.3 Å². The van der Waals surface area contributed by atoms with Crippen molar-refractivity contribution >= 4 is 17.7 Å². The van der Waals surface area contributed by atoms with Crippen molar-refractivity contribution in [1.29, 1.82) is 0 Å². The molecule has 0 saturated carbocycles. The van der Waals surface area contributed by atoms with E-state index in [-0.39, 0.29) is 17.9 Å². The fraction of sp³-hybridized carbons (Fsp3) is 0.595. The Bertz CT molecular complexity index is 1420. The van der Waals surface area contributed by atoms with Crippen molar-refractivity contribution in [3.63, 3.8) is 0 Å². The van der Waals surface area contributed by atoms with E-state index < -0.39 is 92.7 Å². The van der Waals surface area contributed by atoms with Crippen LogP contribution in [0, 0.1) is 17.3 Å². The second kappa shape index (κ2) is 17.3. The van der Waals surface area contributed by atoms with E-state index in [1.165, 1.54) is 23.6 Å². The van der Waals surface area contributed by atoms with Gasteiger partial charge in [0.15, 0.2) is 5.78 Å². The highest BCUT2D eigenvalue weighted by molar-refractivity contribution is 6.06. The minimum Gasteiger partial charge on any atom is -0.493 e. The van der Waals surface area contributed by atoms with Gasteiger partial charge in [0, 0.05) is 63.1 Å². The summed E-state index contributed by atoms with van der Waals surface area (Å²) in [6.07, 6.45) is 4.01. The lowest BCUT2D eigenvalue weighted by atomic mass is 9.51. The zero-order valence-electron chi connectivity index (χ0n) is 28.2. The first kappa shape index (κ1) is 38.1. The molecular formula is C37H50O12. The number of carboxylic acids is 2. The average Bonchev–Trinajstić information content (AvgIpc) is 3.10. The SMILES string of the molecule is CCCc1c(OCCCOc2cccc3c2CCCC3)ccc2c1OC(CCC(=O)O)(CCC(=O)O)C(C(CO)CO)(C(CO)CO)C2=O. The van der Waals surface area contributed by atoms with Gasteiger partial charge in [-0.25, -0.2) is 0 Å². The molecule has 2 aliphatic rings. The normalized spacial score (nSPS) is 16.2. The Balaban J connectivity index is 1.73. The Hall–Kier alpha value is -3.71. The Morgan fingerprint density at radius 2 is 1.43 bits per heavy atom. The number of aliphatic carboxylic acids is 2. The molecule has 1 aliphatic heterocycles. The first-order valence-electron chi connectivity index (χ1n) is 17.3. The molecule has 12 heteroatoms. The number of hydrogen-bond acceptors (Lipinski definition) is 10. The van der Waals surface area contributed by atoms with E-state index in [1.54, 1.807) is 6.07 Å². The Labute approximate surface area is 286 Å². The van der Waals surface area contributed by atoms with Gasteiger partial charge in [-0.1, -0.05) is 25.5 Å². The van der Waals surface area contributed by atoms with Crippen molar-refractivity contribution in [2.75, 3.05) is 39.6 Å². The zero-order chi connectivity index (χ0) is 35.6. The quantitative estimate of drug-likeness (QED) is 0.111. The van der Waals surface area contributed by atoms with Gasteiger partial charge in [0.1, 0.15) is 22.8 Å². The third-order valence-electron chi connectivity index (χ3n) is 10.2. The van der Waals surface area contributed by atoms with E-state index in [9.17, 15) is 45.0 Å². The van der Waals surface area contributed by atoms with Crippen LogP contribution >= 0.6 is 0 Å². The van der Waals surface area contributed by atoms with Gasteiger partial charge in [-0.15, -0.1) is 0 Å². The van der Waals surface area contributed by atoms with Gasteiger partial charge in [0.25, 0.3) is 0 Å². The summed E-state index contributed by atoms with van der Waals surface area (Å²) in [5, 5.41) is 61.5. The van der Waals surface area contributed by atoms with Crippen LogP contribution in [0.3, 0.4) is 0 Å². The maximum Gasteiger partial charge on any atom is 0.303 e. The largest absolute Gasteiger partial charge is 0.493 e. The third-order valence-corrected chi connectivity index (χ3v) is 10.2. The van der Waals surface area contributed by atoms with Gasteiger partial charge in [0.2, 0.25) is 0 Å². The molecule has 270 valence electrons. The molecule has 0 unspecified atom stereocenters. The summed E-state index contributed by atoms with van der Waals surface area (Å²) < 4.78 is 19.1. The van der Waals surface area contributed by atoms with Crippen LogP contribution in [0.4, 0.5) is 0 Å². The number of carbonyl (C=O) groups excluding carboxylic acids is 1. The molecule has 0 atom stereocenters. The molecule has 1 heterocycles. The maximum absolute atomic E-state index is 14.9. The summed E-state index contributed by atoms with van der Waals surface area (Å²) >= 11 is 0. The number of aliphatic hydroxyl groups is 4. The number of carboxylic acid groups (broad SMARTS) is 2. The molecule has 0 saturated heterocycles. The predicted octanol–water partition coefficient (Wildman–Crippen LogP) is 3.60. The highest BCUT2D eigenvalue weighted by Crippen LogP contribution is 2.59. The molecule has 0 aromatic heterocycles. The van der Waals surface area contributed by atoms with Gasteiger partial charge < -0.3 is 44.8 Å². The highest BCUT2D eigenvalue weighted by Gasteiger charge is 2.67. The van der Waals surface area contributed by atoms with Crippen LogP contribution in [0.1, 0.15) is 85.3 Å². The van der Waals surface area contributed by atoms with Crippen molar-refractivity contribution in [2.24, 2.45) is 17.3 Å². The maximum atomic E-state index is 14.9.